The quantitative estimate of drug-likeness (QED) is 0.381. The molecule has 1 saturated heterocycles. The van der Waals surface area contributed by atoms with E-state index in [1.54, 1.807) is 18.2 Å². The summed E-state index contributed by atoms with van der Waals surface area (Å²) >= 11 is 0. The highest BCUT2D eigenvalue weighted by Crippen LogP contribution is 2.42. The summed E-state index contributed by atoms with van der Waals surface area (Å²) in [7, 11) is 0. The van der Waals surface area contributed by atoms with Gasteiger partial charge in [-0.1, -0.05) is 26.0 Å². The molecule has 0 bridgehead atoms. The molecule has 1 aliphatic heterocycles. The zero-order chi connectivity index (χ0) is 27.3. The first kappa shape index (κ1) is 27.2. The Morgan fingerprint density at radius 2 is 1.51 bits per heavy atom. The third-order valence-corrected chi connectivity index (χ3v) is 7.02. The van der Waals surface area contributed by atoms with Gasteiger partial charge in [-0.15, -0.1) is 0 Å². The molecule has 2 aromatic carbocycles. The molecule has 0 N–H and O–H groups in total. The van der Waals surface area contributed by atoms with Crippen molar-refractivity contribution in [1.29, 1.82) is 0 Å². The second kappa shape index (κ2) is 9.45. The maximum absolute atomic E-state index is 13.5. The van der Waals surface area contributed by atoms with Crippen LogP contribution in [0.25, 0.3) is 0 Å². The molecular weight excluding hydrogens is 503 g/mol. The van der Waals surface area contributed by atoms with Gasteiger partial charge in [0.15, 0.2) is 5.78 Å². The molecule has 0 aromatic heterocycles. The Labute approximate surface area is 209 Å². The predicted octanol–water partition coefficient (Wildman–Crippen LogP) is 7.29. The number of hydrogen-bond donors (Lipinski definition) is 0. The fraction of sp³-hybridized carbons (Fsp3) is 0.444. The lowest BCUT2D eigenvalue weighted by Crippen LogP contribution is -2.25. The third-order valence-electron chi connectivity index (χ3n) is 7.02. The van der Waals surface area contributed by atoms with Crippen molar-refractivity contribution in [3.05, 3.63) is 82.3 Å². The largest absolute Gasteiger partial charge is 0.416 e. The molecule has 0 radical (unpaired) electrons. The number of carbonyl (C=O) groups excluding carboxylic acids is 1. The highest BCUT2D eigenvalue weighted by Gasteiger charge is 2.42. The van der Waals surface area contributed by atoms with E-state index in [-0.39, 0.29) is 29.9 Å². The van der Waals surface area contributed by atoms with Crippen LogP contribution < -0.4 is 0 Å². The van der Waals surface area contributed by atoms with Gasteiger partial charge in [-0.25, -0.2) is 4.39 Å². The maximum Gasteiger partial charge on any atom is 0.416 e. The SMILES string of the molecule is CC(OC1CN(C2=CC(=O)C(C)(C)C2)CC1c1ccc(F)cc1)c1cc(C(F)(F)F)cc(C(F)(F)F)c1. The van der Waals surface area contributed by atoms with Crippen LogP contribution in [-0.2, 0) is 21.9 Å². The molecule has 10 heteroatoms. The van der Waals surface area contributed by atoms with Gasteiger partial charge >= 0.3 is 12.4 Å². The van der Waals surface area contributed by atoms with Crippen LogP contribution in [0.2, 0.25) is 0 Å². The summed E-state index contributed by atoms with van der Waals surface area (Å²) in [5, 5.41) is 0. The van der Waals surface area contributed by atoms with E-state index in [9.17, 15) is 35.5 Å². The molecule has 0 saturated carbocycles. The summed E-state index contributed by atoms with van der Waals surface area (Å²) in [5.74, 6) is -0.822. The van der Waals surface area contributed by atoms with E-state index in [4.69, 9.17) is 4.74 Å². The highest BCUT2D eigenvalue weighted by atomic mass is 19.4. The number of carbonyl (C=O) groups is 1. The Bertz CT molecular complexity index is 1170. The number of nitrogens with zero attached hydrogens (tertiary/aromatic N) is 1. The molecule has 1 heterocycles. The monoisotopic (exact) mass is 529 g/mol. The maximum atomic E-state index is 13.5. The minimum Gasteiger partial charge on any atom is -0.371 e. The third kappa shape index (κ3) is 5.84. The number of rotatable bonds is 5. The predicted molar refractivity (Wildman–Crippen MR) is 122 cm³/mol. The van der Waals surface area contributed by atoms with Gasteiger partial charge in [-0.3, -0.25) is 4.79 Å². The van der Waals surface area contributed by atoms with E-state index in [1.165, 1.54) is 19.1 Å². The van der Waals surface area contributed by atoms with Crippen LogP contribution in [-0.4, -0.2) is 29.9 Å². The minimum absolute atomic E-state index is 0.0257. The van der Waals surface area contributed by atoms with Gasteiger partial charge in [0, 0.05) is 36.2 Å². The molecule has 200 valence electrons. The number of allylic oxidation sites excluding steroid dienone is 2. The summed E-state index contributed by atoms with van der Waals surface area (Å²) in [6.07, 6.45) is -9.62. The number of benzene rings is 2. The van der Waals surface area contributed by atoms with E-state index in [2.05, 4.69) is 0 Å². The van der Waals surface area contributed by atoms with Gasteiger partial charge in [0.05, 0.1) is 23.3 Å². The summed E-state index contributed by atoms with van der Waals surface area (Å²) < 4.78 is 99.8. The summed E-state index contributed by atoms with van der Waals surface area (Å²) in [4.78, 5) is 14.3. The molecular formula is C27H26F7NO2. The van der Waals surface area contributed by atoms with Crippen molar-refractivity contribution < 1.29 is 40.3 Å². The first-order valence-electron chi connectivity index (χ1n) is 11.7. The Morgan fingerprint density at radius 1 is 0.946 bits per heavy atom. The molecule has 1 aliphatic carbocycles. The first-order valence-corrected chi connectivity index (χ1v) is 11.7. The minimum atomic E-state index is -4.97. The Kier molecular flexibility index (Phi) is 6.94. The Hall–Kier alpha value is -2.88. The van der Waals surface area contributed by atoms with Crippen LogP contribution in [0.15, 0.2) is 54.2 Å². The van der Waals surface area contributed by atoms with Gasteiger partial charge < -0.3 is 9.64 Å². The lowest BCUT2D eigenvalue weighted by atomic mass is 9.89. The average Bonchev–Trinajstić information content (AvgIpc) is 3.32. The van der Waals surface area contributed by atoms with Gasteiger partial charge in [0.25, 0.3) is 0 Å². The van der Waals surface area contributed by atoms with Crippen molar-refractivity contribution in [3.63, 3.8) is 0 Å². The van der Waals surface area contributed by atoms with E-state index in [0.717, 1.165) is 5.70 Å². The van der Waals surface area contributed by atoms with Crippen LogP contribution >= 0.6 is 0 Å². The van der Waals surface area contributed by atoms with Gasteiger partial charge in [-0.2, -0.15) is 26.3 Å². The van der Waals surface area contributed by atoms with E-state index in [1.807, 2.05) is 18.7 Å². The van der Waals surface area contributed by atoms with Crippen molar-refractivity contribution in [2.45, 2.75) is 57.7 Å². The fourth-order valence-electron chi connectivity index (χ4n) is 4.87. The average molecular weight is 529 g/mol. The number of ether oxygens (including phenoxy) is 1. The Morgan fingerprint density at radius 3 is 2.00 bits per heavy atom. The second-order valence-electron chi connectivity index (χ2n) is 10.3. The molecule has 3 atom stereocenters. The molecule has 37 heavy (non-hydrogen) atoms. The van der Waals surface area contributed by atoms with Crippen LogP contribution in [0.5, 0.6) is 0 Å². The first-order chi connectivity index (χ1) is 17.0. The zero-order valence-corrected chi connectivity index (χ0v) is 20.4. The summed E-state index contributed by atoms with van der Waals surface area (Å²) in [6.45, 7) is 5.73. The molecule has 2 aromatic rings. The van der Waals surface area contributed by atoms with Crippen LogP contribution in [0.1, 0.15) is 61.5 Å². The molecule has 4 rings (SSSR count). The standard InChI is InChI=1S/C27H26F7NO2/c1-15(17-8-18(26(29,30)31)10-19(9-17)27(32,33)34)37-23-14-35(21-11-24(36)25(2,3)12-21)13-22(23)16-4-6-20(28)7-5-16/h4-11,15,22-23H,12-14H2,1-3H3. The smallest absolute Gasteiger partial charge is 0.371 e. The fourth-order valence-corrected chi connectivity index (χ4v) is 4.87. The van der Waals surface area contributed by atoms with E-state index >= 15 is 0 Å². The van der Waals surface area contributed by atoms with Gasteiger partial charge in [0.2, 0.25) is 0 Å². The van der Waals surface area contributed by atoms with Crippen molar-refractivity contribution in [1.82, 2.24) is 4.90 Å². The number of hydrogen-bond acceptors (Lipinski definition) is 3. The number of likely N-dealkylation sites (tertiary alicyclic amines) is 1. The van der Waals surface area contributed by atoms with Crippen molar-refractivity contribution in [2.75, 3.05) is 13.1 Å². The molecule has 0 spiro atoms. The van der Waals surface area contributed by atoms with Gasteiger partial charge in [0.1, 0.15) is 5.82 Å². The number of alkyl halides is 6. The lowest BCUT2D eigenvalue weighted by molar-refractivity contribution is -0.143. The molecule has 0 amide bonds. The van der Waals surface area contributed by atoms with E-state index < -0.39 is 46.9 Å². The highest BCUT2D eigenvalue weighted by molar-refractivity contribution is 5.97. The molecule has 3 nitrogen and oxygen atoms in total. The van der Waals surface area contributed by atoms with Crippen molar-refractivity contribution >= 4 is 5.78 Å². The normalized spacial score (nSPS) is 22.9. The van der Waals surface area contributed by atoms with Crippen molar-refractivity contribution in [2.24, 2.45) is 5.41 Å². The summed E-state index contributed by atoms with van der Waals surface area (Å²) in [5.41, 5.74) is -2.14. The second-order valence-corrected chi connectivity index (χ2v) is 10.3. The van der Waals surface area contributed by atoms with Crippen LogP contribution in [0, 0.1) is 11.2 Å². The van der Waals surface area contributed by atoms with Crippen molar-refractivity contribution in [3.8, 4) is 0 Å². The van der Waals surface area contributed by atoms with Gasteiger partial charge in [-0.05, 0) is 54.8 Å². The molecule has 3 unspecified atom stereocenters. The lowest BCUT2D eigenvalue weighted by Gasteiger charge is -2.25. The number of ketones is 1. The van der Waals surface area contributed by atoms with Crippen LogP contribution in [0.3, 0.4) is 0 Å². The topological polar surface area (TPSA) is 29.5 Å². The molecule has 1 fully saturated rings. The number of halogens is 7. The van der Waals surface area contributed by atoms with Crippen LogP contribution in [0.4, 0.5) is 30.7 Å². The molecule has 2 aliphatic rings. The van der Waals surface area contributed by atoms with E-state index in [0.29, 0.717) is 30.7 Å². The zero-order valence-electron chi connectivity index (χ0n) is 20.4. The Balaban J connectivity index is 1.64. The summed E-state index contributed by atoms with van der Waals surface area (Å²) in [6, 6.07) is 7.13.